The van der Waals surface area contributed by atoms with E-state index in [2.05, 4.69) is 15.3 Å². The van der Waals surface area contributed by atoms with Gasteiger partial charge in [-0.2, -0.15) is 8.42 Å². The van der Waals surface area contributed by atoms with Crippen LogP contribution >= 0.6 is 34.8 Å². The van der Waals surface area contributed by atoms with Crippen LogP contribution in [0.25, 0.3) is 0 Å². The Labute approximate surface area is 180 Å². The van der Waals surface area contributed by atoms with Crippen molar-refractivity contribution in [2.45, 2.75) is 81.5 Å². The average molecular weight is 422 g/mol. The van der Waals surface area contributed by atoms with Gasteiger partial charge in [0.05, 0.1) is 6.61 Å². The smallest absolute Gasteiger partial charge is 1.00 e. The molecule has 0 saturated heterocycles. The monoisotopic (exact) mass is 420 g/mol. The van der Waals surface area contributed by atoms with Crippen molar-refractivity contribution in [2.75, 3.05) is 6.61 Å². The predicted molar refractivity (Wildman–Crippen MR) is 94.0 cm³/mol. The molecule has 136 valence electrons. The van der Waals surface area contributed by atoms with E-state index in [0.717, 1.165) is 12.8 Å². The van der Waals surface area contributed by atoms with E-state index in [4.69, 9.17) is 34.8 Å². The molecule has 1 atom stereocenters. The van der Waals surface area contributed by atoms with Gasteiger partial charge in [-0.1, -0.05) is 76.3 Å². The average Bonchev–Trinajstić information content (AvgIpc) is 2.44. The molecule has 0 bridgehead atoms. The van der Waals surface area contributed by atoms with Crippen LogP contribution in [0.4, 0.5) is 0 Å². The van der Waals surface area contributed by atoms with Crippen LogP contribution < -0.4 is 29.6 Å². The molecule has 9 heteroatoms. The van der Waals surface area contributed by atoms with E-state index in [1.807, 2.05) is 0 Å². The zero-order chi connectivity index (χ0) is 16.8. The Morgan fingerprint density at radius 2 is 1.30 bits per heavy atom. The summed E-state index contributed by atoms with van der Waals surface area (Å²) in [6.45, 7) is 2.29. The van der Waals surface area contributed by atoms with Gasteiger partial charge in [0.15, 0.2) is 5.56 Å². The van der Waals surface area contributed by atoms with Gasteiger partial charge in [-0.25, -0.2) is 8.37 Å². The van der Waals surface area contributed by atoms with Crippen LogP contribution in [-0.2, 0) is 18.8 Å². The summed E-state index contributed by atoms with van der Waals surface area (Å²) >= 11 is 16.3. The Kier molecular flexibility index (Phi) is 20.1. The number of alkyl halides is 3. The van der Waals surface area contributed by atoms with Gasteiger partial charge in [-0.15, -0.1) is 23.2 Å². The van der Waals surface area contributed by atoms with Crippen molar-refractivity contribution in [3.05, 3.63) is 0 Å². The molecule has 0 rings (SSSR count). The molecule has 0 N–H and O–H groups in total. The first-order valence-corrected chi connectivity index (χ1v) is 10.5. The van der Waals surface area contributed by atoms with Crippen molar-refractivity contribution in [1.82, 2.24) is 0 Å². The summed E-state index contributed by atoms with van der Waals surface area (Å²) < 4.78 is 31.8. The molecular formula is C14H28Cl3NaO4S. The molecule has 4 nitrogen and oxygen atoms in total. The summed E-state index contributed by atoms with van der Waals surface area (Å²) in [6.07, 6.45) is 11.6. The third-order valence-corrected chi connectivity index (χ3v) is 5.19. The number of rotatable bonds is 15. The van der Waals surface area contributed by atoms with Crippen LogP contribution in [-0.4, -0.2) is 25.4 Å². The number of hydrogen-bond acceptors (Lipinski definition) is 4. The molecule has 0 spiro atoms. The van der Waals surface area contributed by atoms with Gasteiger partial charge < -0.3 is 1.43 Å². The van der Waals surface area contributed by atoms with Crippen LogP contribution in [0.15, 0.2) is 0 Å². The van der Waals surface area contributed by atoms with Crippen molar-refractivity contribution in [2.24, 2.45) is 0 Å². The fourth-order valence-corrected chi connectivity index (χ4v) is 3.14. The van der Waals surface area contributed by atoms with Crippen LogP contribution in [0, 0.1) is 0 Å². The molecule has 0 amide bonds. The normalized spacial score (nSPS) is 13.1. The number of halogens is 3. The standard InChI is InChI=1S/C14H27Cl3O4S.Na.H/c1-2-3-4-5-6-7-8-9-10-11-12-20-22(18,19)21-14(17)13(15)16;;/h13-14H,2-12H2,1H3;;/q;+1;-1. The summed E-state index contributed by atoms with van der Waals surface area (Å²) in [4.78, 5) is -1.14. The summed E-state index contributed by atoms with van der Waals surface area (Å²) in [6, 6.07) is 0. The fraction of sp³-hybridized carbons (Fsp3) is 1.00. The maximum Gasteiger partial charge on any atom is 1.00 e. The Balaban J connectivity index is -0.00000220. The third-order valence-electron chi connectivity index (χ3n) is 3.13. The first-order chi connectivity index (χ1) is 10.4. The Morgan fingerprint density at radius 1 is 0.870 bits per heavy atom. The number of hydrogen-bond donors (Lipinski definition) is 0. The molecule has 0 aromatic carbocycles. The van der Waals surface area contributed by atoms with E-state index >= 15 is 0 Å². The van der Waals surface area contributed by atoms with Gasteiger partial charge in [0.1, 0.15) is 4.84 Å². The van der Waals surface area contributed by atoms with Crippen LogP contribution in [0.3, 0.4) is 0 Å². The number of unbranched alkanes of at least 4 members (excludes halogenated alkanes) is 9. The molecule has 23 heavy (non-hydrogen) atoms. The van der Waals surface area contributed by atoms with Crippen molar-refractivity contribution >= 4 is 45.2 Å². The quantitative estimate of drug-likeness (QED) is 0.232. The summed E-state index contributed by atoms with van der Waals surface area (Å²) in [5.74, 6) is 0. The first kappa shape index (κ1) is 27.0. The zero-order valence-corrected chi connectivity index (χ0v) is 19.2. The fourth-order valence-electron chi connectivity index (χ4n) is 1.93. The van der Waals surface area contributed by atoms with Crippen molar-refractivity contribution in [1.29, 1.82) is 0 Å². The van der Waals surface area contributed by atoms with Gasteiger partial charge >= 0.3 is 40.0 Å². The van der Waals surface area contributed by atoms with Crippen molar-refractivity contribution < 1.29 is 47.8 Å². The molecule has 0 saturated carbocycles. The first-order valence-electron chi connectivity index (χ1n) is 7.89. The van der Waals surface area contributed by atoms with Gasteiger partial charge in [0, 0.05) is 0 Å². The van der Waals surface area contributed by atoms with Crippen molar-refractivity contribution in [3.63, 3.8) is 0 Å². The van der Waals surface area contributed by atoms with Gasteiger partial charge in [-0.3, -0.25) is 0 Å². The molecule has 0 aliphatic rings. The van der Waals surface area contributed by atoms with E-state index in [1.165, 1.54) is 44.9 Å². The predicted octanol–water partition coefficient (Wildman–Crippen LogP) is 2.67. The molecule has 0 fully saturated rings. The van der Waals surface area contributed by atoms with Crippen LogP contribution in [0.2, 0.25) is 0 Å². The Hall–Kier alpha value is 1.74. The van der Waals surface area contributed by atoms with Gasteiger partial charge in [-0.05, 0) is 6.42 Å². The Morgan fingerprint density at radius 3 is 1.74 bits per heavy atom. The van der Waals surface area contributed by atoms with Crippen LogP contribution in [0.5, 0.6) is 0 Å². The largest absolute Gasteiger partial charge is 1.00 e. The summed E-state index contributed by atoms with van der Waals surface area (Å²) in [7, 11) is -4.14. The van der Waals surface area contributed by atoms with E-state index in [-0.39, 0.29) is 37.6 Å². The van der Waals surface area contributed by atoms with E-state index < -0.39 is 20.8 Å². The molecular weight excluding hydrogens is 394 g/mol. The molecule has 0 aliphatic carbocycles. The maximum atomic E-state index is 11.4. The van der Waals surface area contributed by atoms with Crippen LogP contribution in [0.1, 0.15) is 72.6 Å². The minimum Gasteiger partial charge on any atom is -1.00 e. The SMILES string of the molecule is CCCCCCCCCCCCOS(=O)(=O)OC(Cl)C(Cl)Cl.[H-].[Na+]. The Bertz CT molecular complexity index is 362. The van der Waals surface area contributed by atoms with Gasteiger partial charge in [0.2, 0.25) is 0 Å². The zero-order valence-electron chi connectivity index (χ0n) is 15.1. The summed E-state index contributed by atoms with van der Waals surface area (Å²) in [5, 5.41) is 0. The molecule has 0 aliphatic heterocycles. The molecule has 0 heterocycles. The van der Waals surface area contributed by atoms with E-state index in [0.29, 0.717) is 6.42 Å². The summed E-state index contributed by atoms with van der Waals surface area (Å²) in [5.41, 5.74) is -1.35. The maximum absolute atomic E-state index is 11.4. The van der Waals surface area contributed by atoms with Gasteiger partial charge in [0.25, 0.3) is 0 Å². The second-order valence-electron chi connectivity index (χ2n) is 5.19. The molecule has 0 aromatic rings. The molecule has 0 radical (unpaired) electrons. The minimum atomic E-state index is -4.14. The second kappa shape index (κ2) is 17.2. The van der Waals surface area contributed by atoms with E-state index in [9.17, 15) is 8.42 Å². The van der Waals surface area contributed by atoms with E-state index in [1.54, 1.807) is 0 Å². The molecule has 1 unspecified atom stereocenters. The second-order valence-corrected chi connectivity index (χ2v) is 8.03. The van der Waals surface area contributed by atoms with Crippen molar-refractivity contribution in [3.8, 4) is 0 Å². The molecule has 0 aromatic heterocycles. The third kappa shape index (κ3) is 18.3. The topological polar surface area (TPSA) is 52.6 Å². The minimum absolute atomic E-state index is 0.